The Bertz CT molecular complexity index is 585. The Balaban J connectivity index is 2.36. The van der Waals surface area contributed by atoms with Crippen molar-refractivity contribution < 1.29 is 9.47 Å². The molecule has 0 saturated heterocycles. The highest BCUT2D eigenvalue weighted by atomic mass is 16.5. The first-order chi connectivity index (χ1) is 9.13. The third kappa shape index (κ3) is 2.88. The van der Waals surface area contributed by atoms with Gasteiger partial charge in [-0.2, -0.15) is 0 Å². The smallest absolute Gasteiger partial charge is 0.153 e. The van der Waals surface area contributed by atoms with Gasteiger partial charge in [0, 0.05) is 12.3 Å². The quantitative estimate of drug-likeness (QED) is 0.883. The summed E-state index contributed by atoms with van der Waals surface area (Å²) >= 11 is 0. The summed E-state index contributed by atoms with van der Waals surface area (Å²) in [5.41, 5.74) is 8.29. The molecule has 1 aromatic heterocycles. The van der Waals surface area contributed by atoms with Crippen molar-refractivity contribution in [1.82, 2.24) is 4.98 Å². The molecule has 0 atom stereocenters. The van der Waals surface area contributed by atoms with Crippen LogP contribution >= 0.6 is 0 Å². The largest absolute Gasteiger partial charge is 0.497 e. The molecule has 5 nitrogen and oxygen atoms in total. The van der Waals surface area contributed by atoms with E-state index in [2.05, 4.69) is 10.3 Å². The van der Waals surface area contributed by atoms with E-state index in [9.17, 15) is 0 Å². The van der Waals surface area contributed by atoms with Crippen LogP contribution in [-0.4, -0.2) is 19.2 Å². The number of methoxy groups -OCH3 is 2. The van der Waals surface area contributed by atoms with Crippen molar-refractivity contribution in [2.24, 2.45) is 0 Å². The van der Waals surface area contributed by atoms with E-state index < -0.39 is 0 Å². The second kappa shape index (κ2) is 5.48. The molecular weight excluding hydrogens is 242 g/mol. The summed E-state index contributed by atoms with van der Waals surface area (Å²) in [7, 11) is 3.23. The van der Waals surface area contributed by atoms with E-state index in [1.165, 1.54) is 0 Å². The molecule has 2 rings (SSSR count). The predicted molar refractivity (Wildman–Crippen MR) is 76.2 cm³/mol. The fourth-order valence-corrected chi connectivity index (χ4v) is 1.74. The van der Waals surface area contributed by atoms with E-state index in [1.54, 1.807) is 20.4 Å². The molecule has 0 bridgehead atoms. The molecule has 0 fully saturated rings. The number of benzene rings is 1. The monoisotopic (exact) mass is 259 g/mol. The third-order valence-electron chi connectivity index (χ3n) is 2.71. The van der Waals surface area contributed by atoms with Crippen molar-refractivity contribution >= 4 is 17.2 Å². The highest BCUT2D eigenvalue weighted by Crippen LogP contribution is 2.32. The lowest BCUT2D eigenvalue weighted by molar-refractivity contribution is 0.405. The maximum absolute atomic E-state index is 5.93. The van der Waals surface area contributed by atoms with Crippen molar-refractivity contribution in [3.63, 3.8) is 0 Å². The van der Waals surface area contributed by atoms with Gasteiger partial charge in [-0.3, -0.25) is 0 Å². The molecule has 0 amide bonds. The molecular formula is C14H17N3O2. The van der Waals surface area contributed by atoms with Crippen molar-refractivity contribution in [2.45, 2.75) is 6.92 Å². The number of nitrogens with zero attached hydrogens (tertiary/aromatic N) is 1. The van der Waals surface area contributed by atoms with Crippen LogP contribution in [0.5, 0.6) is 11.5 Å². The van der Waals surface area contributed by atoms with Crippen LogP contribution < -0.4 is 20.5 Å². The lowest BCUT2D eigenvalue weighted by Gasteiger charge is -2.13. The molecule has 100 valence electrons. The van der Waals surface area contributed by atoms with Crippen LogP contribution in [0.3, 0.4) is 0 Å². The maximum atomic E-state index is 5.93. The van der Waals surface area contributed by atoms with E-state index in [0.717, 1.165) is 17.0 Å². The van der Waals surface area contributed by atoms with Gasteiger partial charge in [0.05, 0.1) is 25.6 Å². The molecule has 5 heteroatoms. The van der Waals surface area contributed by atoms with Crippen LogP contribution in [0.25, 0.3) is 0 Å². The zero-order valence-electron chi connectivity index (χ0n) is 11.2. The molecule has 0 aliphatic rings. The predicted octanol–water partition coefficient (Wildman–Crippen LogP) is 2.73. The van der Waals surface area contributed by atoms with E-state index >= 15 is 0 Å². The minimum atomic E-state index is 0.588. The number of ether oxygens (including phenoxy) is 2. The summed E-state index contributed by atoms with van der Waals surface area (Å²) in [6.07, 6.45) is 1.76. The zero-order valence-corrected chi connectivity index (χ0v) is 11.2. The topological polar surface area (TPSA) is 69.4 Å². The average Bonchev–Trinajstić information content (AvgIpc) is 2.41. The van der Waals surface area contributed by atoms with Gasteiger partial charge >= 0.3 is 0 Å². The van der Waals surface area contributed by atoms with Crippen molar-refractivity contribution in [3.05, 3.63) is 36.0 Å². The summed E-state index contributed by atoms with van der Waals surface area (Å²) in [6, 6.07) is 7.35. The van der Waals surface area contributed by atoms with Gasteiger partial charge < -0.3 is 20.5 Å². The zero-order chi connectivity index (χ0) is 13.8. The minimum absolute atomic E-state index is 0.588. The molecule has 0 unspecified atom stereocenters. The molecule has 0 radical (unpaired) electrons. The Labute approximate surface area is 112 Å². The Morgan fingerprint density at radius 3 is 2.58 bits per heavy atom. The lowest BCUT2D eigenvalue weighted by atomic mass is 10.2. The summed E-state index contributed by atoms with van der Waals surface area (Å²) in [4.78, 5) is 4.27. The molecule has 0 aliphatic heterocycles. The van der Waals surface area contributed by atoms with Gasteiger partial charge in [-0.15, -0.1) is 0 Å². The van der Waals surface area contributed by atoms with E-state index in [1.807, 2.05) is 31.2 Å². The highest BCUT2D eigenvalue weighted by Gasteiger charge is 2.08. The number of nitrogen functional groups attached to an aromatic ring is 1. The van der Waals surface area contributed by atoms with Crippen molar-refractivity contribution in [1.29, 1.82) is 0 Å². The molecule has 2 aromatic rings. The summed E-state index contributed by atoms with van der Waals surface area (Å²) in [5.74, 6) is 2.02. The van der Waals surface area contributed by atoms with Gasteiger partial charge in [-0.1, -0.05) is 0 Å². The minimum Gasteiger partial charge on any atom is -0.497 e. The van der Waals surface area contributed by atoms with Crippen LogP contribution in [0.1, 0.15) is 5.56 Å². The summed E-state index contributed by atoms with van der Waals surface area (Å²) in [6.45, 7) is 1.94. The standard InChI is InChI=1S/C14H17N3O2/c1-9-6-11(15)14(16-8-9)17-12-7-10(18-2)4-5-13(12)19-3/h4-8H,15H2,1-3H3,(H,16,17). The summed E-state index contributed by atoms with van der Waals surface area (Å²) < 4.78 is 10.5. The van der Waals surface area contributed by atoms with Crippen molar-refractivity contribution in [3.8, 4) is 11.5 Å². The third-order valence-corrected chi connectivity index (χ3v) is 2.71. The second-order valence-electron chi connectivity index (χ2n) is 4.14. The Morgan fingerprint density at radius 2 is 1.95 bits per heavy atom. The first-order valence-electron chi connectivity index (χ1n) is 5.85. The molecule has 3 N–H and O–H groups in total. The number of hydrogen-bond acceptors (Lipinski definition) is 5. The normalized spacial score (nSPS) is 10.1. The number of nitrogens with one attached hydrogen (secondary N) is 1. The van der Waals surface area contributed by atoms with Gasteiger partial charge in [-0.25, -0.2) is 4.98 Å². The van der Waals surface area contributed by atoms with E-state index in [4.69, 9.17) is 15.2 Å². The number of aromatic nitrogens is 1. The van der Waals surface area contributed by atoms with Gasteiger partial charge in [0.1, 0.15) is 11.5 Å². The van der Waals surface area contributed by atoms with E-state index in [-0.39, 0.29) is 0 Å². The maximum Gasteiger partial charge on any atom is 0.153 e. The number of anilines is 3. The Kier molecular flexibility index (Phi) is 3.75. The summed E-state index contributed by atoms with van der Waals surface area (Å²) in [5, 5.41) is 3.15. The van der Waals surface area contributed by atoms with Gasteiger partial charge in [0.25, 0.3) is 0 Å². The number of aryl methyl sites for hydroxylation is 1. The molecule has 19 heavy (non-hydrogen) atoms. The fraction of sp³-hybridized carbons (Fsp3) is 0.214. The molecule has 1 heterocycles. The van der Waals surface area contributed by atoms with Crippen LogP contribution in [-0.2, 0) is 0 Å². The molecule has 1 aromatic carbocycles. The van der Waals surface area contributed by atoms with Crippen LogP contribution in [0.15, 0.2) is 30.5 Å². The van der Waals surface area contributed by atoms with Crippen molar-refractivity contribution in [2.75, 3.05) is 25.3 Å². The number of nitrogens with two attached hydrogens (primary N) is 1. The average molecular weight is 259 g/mol. The first-order valence-corrected chi connectivity index (χ1v) is 5.85. The molecule has 0 saturated carbocycles. The van der Waals surface area contributed by atoms with Gasteiger partial charge in [0.2, 0.25) is 0 Å². The number of hydrogen-bond donors (Lipinski definition) is 2. The van der Waals surface area contributed by atoms with E-state index in [0.29, 0.717) is 17.3 Å². The second-order valence-corrected chi connectivity index (χ2v) is 4.14. The lowest BCUT2D eigenvalue weighted by Crippen LogP contribution is -2.01. The SMILES string of the molecule is COc1ccc(OC)c(Nc2ncc(C)cc2N)c1. The molecule has 0 aliphatic carbocycles. The van der Waals surface area contributed by atoms with Crippen LogP contribution in [0, 0.1) is 6.92 Å². The van der Waals surface area contributed by atoms with Crippen LogP contribution in [0.2, 0.25) is 0 Å². The van der Waals surface area contributed by atoms with Gasteiger partial charge in [0.15, 0.2) is 5.82 Å². The fourth-order valence-electron chi connectivity index (χ4n) is 1.74. The highest BCUT2D eigenvalue weighted by molar-refractivity contribution is 5.73. The van der Waals surface area contributed by atoms with Gasteiger partial charge in [-0.05, 0) is 30.7 Å². The van der Waals surface area contributed by atoms with Crippen LogP contribution in [0.4, 0.5) is 17.2 Å². The Hall–Kier alpha value is -2.43. The Morgan fingerprint density at radius 1 is 1.16 bits per heavy atom. The number of rotatable bonds is 4. The first kappa shape index (κ1) is 13.0. The molecule has 0 spiro atoms. The number of pyridine rings is 1.